The van der Waals surface area contributed by atoms with E-state index in [0.29, 0.717) is 12.1 Å². The van der Waals surface area contributed by atoms with Crippen molar-refractivity contribution in [1.82, 2.24) is 10.2 Å². The van der Waals surface area contributed by atoms with Crippen LogP contribution in [0.5, 0.6) is 0 Å². The molecule has 1 amide bonds. The molecule has 0 atom stereocenters. The molecule has 0 aromatic heterocycles. The first-order valence-corrected chi connectivity index (χ1v) is 6.42. The van der Waals surface area contributed by atoms with E-state index in [1.54, 1.807) is 0 Å². The summed E-state index contributed by atoms with van der Waals surface area (Å²) in [5, 5.41) is 13.3. The lowest BCUT2D eigenvalue weighted by Crippen LogP contribution is -2.33. The molecule has 102 valence electrons. The summed E-state index contributed by atoms with van der Waals surface area (Å²) in [7, 11) is 0. The zero-order valence-corrected chi connectivity index (χ0v) is 10.7. The van der Waals surface area contributed by atoms with Gasteiger partial charge in [0, 0.05) is 30.8 Å². The minimum Gasteiger partial charge on any atom is -0.351 e. The van der Waals surface area contributed by atoms with E-state index in [4.69, 9.17) is 0 Å². The number of hydrogen-bond donors (Lipinski definition) is 1. The average Bonchev–Trinajstić information content (AvgIpc) is 2.92. The summed E-state index contributed by atoms with van der Waals surface area (Å²) < 4.78 is 0. The normalized spacial score (nSPS) is 15.4. The summed E-state index contributed by atoms with van der Waals surface area (Å²) in [6.07, 6.45) is 2.46. The van der Waals surface area contributed by atoms with Crippen molar-refractivity contribution in [2.45, 2.75) is 12.8 Å². The summed E-state index contributed by atoms with van der Waals surface area (Å²) in [6, 6.07) is 5.64. The first kappa shape index (κ1) is 13.5. The van der Waals surface area contributed by atoms with E-state index in [9.17, 15) is 14.9 Å². The highest BCUT2D eigenvalue weighted by Gasteiger charge is 2.12. The Hall–Kier alpha value is -1.95. The molecule has 19 heavy (non-hydrogen) atoms. The molecule has 0 aliphatic carbocycles. The van der Waals surface area contributed by atoms with Crippen molar-refractivity contribution in [3.63, 3.8) is 0 Å². The monoisotopic (exact) mass is 263 g/mol. The van der Waals surface area contributed by atoms with Gasteiger partial charge in [-0.1, -0.05) is 0 Å². The maximum Gasteiger partial charge on any atom is 0.269 e. The Balaban J connectivity index is 1.80. The highest BCUT2D eigenvalue weighted by atomic mass is 16.6. The molecular weight excluding hydrogens is 246 g/mol. The molecule has 0 unspecified atom stereocenters. The Kier molecular flexibility index (Phi) is 4.46. The van der Waals surface area contributed by atoms with E-state index >= 15 is 0 Å². The fraction of sp³-hybridized carbons (Fsp3) is 0.462. The number of nitro benzene ring substituents is 1. The van der Waals surface area contributed by atoms with Gasteiger partial charge >= 0.3 is 0 Å². The topological polar surface area (TPSA) is 75.5 Å². The molecule has 0 bridgehead atoms. The van der Waals surface area contributed by atoms with Crippen LogP contribution in [-0.2, 0) is 0 Å². The van der Waals surface area contributed by atoms with Crippen LogP contribution in [0.1, 0.15) is 23.2 Å². The van der Waals surface area contributed by atoms with Gasteiger partial charge in [0.15, 0.2) is 0 Å². The van der Waals surface area contributed by atoms with Crippen LogP contribution >= 0.6 is 0 Å². The molecule has 0 saturated carbocycles. The van der Waals surface area contributed by atoms with Crippen molar-refractivity contribution < 1.29 is 9.72 Å². The predicted octanol–water partition coefficient (Wildman–Crippen LogP) is 1.42. The van der Waals surface area contributed by atoms with Crippen molar-refractivity contribution in [2.75, 3.05) is 26.2 Å². The molecule has 0 spiro atoms. The van der Waals surface area contributed by atoms with E-state index in [1.165, 1.54) is 37.1 Å². The summed E-state index contributed by atoms with van der Waals surface area (Å²) in [5.41, 5.74) is 0.445. The van der Waals surface area contributed by atoms with E-state index in [2.05, 4.69) is 10.2 Å². The Morgan fingerprint density at radius 2 is 1.89 bits per heavy atom. The van der Waals surface area contributed by atoms with Crippen molar-refractivity contribution in [2.24, 2.45) is 0 Å². The number of nitrogens with zero attached hydrogens (tertiary/aromatic N) is 2. The molecule has 6 nitrogen and oxygen atoms in total. The second-order valence-corrected chi connectivity index (χ2v) is 4.61. The number of amides is 1. The molecular formula is C13H17N3O3. The number of nitro groups is 1. The van der Waals surface area contributed by atoms with Gasteiger partial charge in [-0.25, -0.2) is 0 Å². The van der Waals surface area contributed by atoms with Crippen molar-refractivity contribution in [3.05, 3.63) is 39.9 Å². The van der Waals surface area contributed by atoms with Crippen LogP contribution in [-0.4, -0.2) is 41.9 Å². The third kappa shape index (κ3) is 3.75. The van der Waals surface area contributed by atoms with Gasteiger partial charge in [0.2, 0.25) is 0 Å². The highest BCUT2D eigenvalue weighted by Crippen LogP contribution is 2.11. The number of non-ortho nitro benzene ring substituents is 1. The predicted molar refractivity (Wildman–Crippen MR) is 71.1 cm³/mol. The van der Waals surface area contributed by atoms with Crippen LogP contribution in [0.4, 0.5) is 5.69 Å². The largest absolute Gasteiger partial charge is 0.351 e. The number of rotatable bonds is 5. The fourth-order valence-electron chi connectivity index (χ4n) is 2.17. The summed E-state index contributed by atoms with van der Waals surface area (Å²) in [5.74, 6) is -0.186. The Morgan fingerprint density at radius 1 is 1.26 bits per heavy atom. The zero-order chi connectivity index (χ0) is 13.7. The third-order valence-corrected chi connectivity index (χ3v) is 3.25. The zero-order valence-electron chi connectivity index (χ0n) is 10.7. The smallest absolute Gasteiger partial charge is 0.269 e. The van der Waals surface area contributed by atoms with Crippen LogP contribution in [0.25, 0.3) is 0 Å². The lowest BCUT2D eigenvalue weighted by Gasteiger charge is -2.14. The van der Waals surface area contributed by atoms with Gasteiger partial charge in [-0.05, 0) is 38.1 Å². The van der Waals surface area contributed by atoms with Gasteiger partial charge in [0.25, 0.3) is 11.6 Å². The Bertz CT molecular complexity index is 453. The van der Waals surface area contributed by atoms with Gasteiger partial charge < -0.3 is 10.2 Å². The molecule has 6 heteroatoms. The summed E-state index contributed by atoms with van der Waals surface area (Å²) >= 11 is 0. The summed E-state index contributed by atoms with van der Waals surface area (Å²) in [6.45, 7) is 3.68. The average molecular weight is 263 g/mol. The minimum absolute atomic E-state index is 0.00591. The van der Waals surface area contributed by atoms with Crippen LogP contribution < -0.4 is 5.32 Å². The van der Waals surface area contributed by atoms with E-state index in [-0.39, 0.29) is 11.6 Å². The minimum atomic E-state index is -0.477. The van der Waals surface area contributed by atoms with Gasteiger partial charge in [-0.15, -0.1) is 0 Å². The van der Waals surface area contributed by atoms with Gasteiger partial charge in [0.1, 0.15) is 0 Å². The molecule has 2 rings (SSSR count). The molecule has 1 heterocycles. The SMILES string of the molecule is O=C(NCCN1CCCC1)c1ccc([N+](=O)[O-])cc1. The molecule has 1 aromatic carbocycles. The lowest BCUT2D eigenvalue weighted by molar-refractivity contribution is -0.384. The molecule has 1 aromatic rings. The van der Waals surface area contributed by atoms with Gasteiger partial charge in [0.05, 0.1) is 4.92 Å². The maximum absolute atomic E-state index is 11.8. The quantitative estimate of drug-likeness (QED) is 0.644. The molecule has 1 aliphatic heterocycles. The second-order valence-electron chi connectivity index (χ2n) is 4.61. The van der Waals surface area contributed by atoms with Crippen LogP contribution in [0.3, 0.4) is 0 Å². The first-order chi connectivity index (χ1) is 9.16. The van der Waals surface area contributed by atoms with Crippen LogP contribution in [0.2, 0.25) is 0 Å². The van der Waals surface area contributed by atoms with Crippen molar-refractivity contribution >= 4 is 11.6 Å². The Labute approximate surface area is 111 Å². The van der Waals surface area contributed by atoms with E-state index < -0.39 is 4.92 Å². The molecule has 1 saturated heterocycles. The van der Waals surface area contributed by atoms with Gasteiger partial charge in [-0.2, -0.15) is 0 Å². The number of nitrogens with one attached hydrogen (secondary N) is 1. The standard InChI is InChI=1S/C13H17N3O3/c17-13(14-7-10-15-8-1-2-9-15)11-3-5-12(6-4-11)16(18)19/h3-6H,1-2,7-10H2,(H,14,17). The number of hydrogen-bond acceptors (Lipinski definition) is 4. The molecule has 1 N–H and O–H groups in total. The number of carbonyl (C=O) groups is 1. The summed E-state index contributed by atoms with van der Waals surface area (Å²) in [4.78, 5) is 24.1. The van der Waals surface area contributed by atoms with Crippen molar-refractivity contribution in [1.29, 1.82) is 0 Å². The van der Waals surface area contributed by atoms with Gasteiger partial charge in [-0.3, -0.25) is 14.9 Å². The second kappa shape index (κ2) is 6.29. The highest BCUT2D eigenvalue weighted by molar-refractivity contribution is 5.94. The number of benzene rings is 1. The molecule has 0 radical (unpaired) electrons. The van der Waals surface area contributed by atoms with E-state index in [0.717, 1.165) is 19.6 Å². The van der Waals surface area contributed by atoms with Crippen LogP contribution in [0, 0.1) is 10.1 Å². The first-order valence-electron chi connectivity index (χ1n) is 6.42. The molecule has 1 aliphatic rings. The Morgan fingerprint density at radius 3 is 2.47 bits per heavy atom. The number of likely N-dealkylation sites (tertiary alicyclic amines) is 1. The van der Waals surface area contributed by atoms with Crippen molar-refractivity contribution in [3.8, 4) is 0 Å². The maximum atomic E-state index is 11.8. The number of carbonyl (C=O) groups excluding carboxylic acids is 1. The van der Waals surface area contributed by atoms with Crippen LogP contribution in [0.15, 0.2) is 24.3 Å². The lowest BCUT2D eigenvalue weighted by atomic mass is 10.2. The third-order valence-electron chi connectivity index (χ3n) is 3.25. The van der Waals surface area contributed by atoms with E-state index in [1.807, 2.05) is 0 Å². The fourth-order valence-corrected chi connectivity index (χ4v) is 2.17. The molecule has 1 fully saturated rings.